The van der Waals surface area contributed by atoms with Crippen LogP contribution in [0.25, 0.3) is 0 Å². The van der Waals surface area contributed by atoms with Gasteiger partial charge < -0.3 is 16.2 Å². The Hall–Kier alpha value is -1.95. The number of benzene rings is 1. The lowest BCUT2D eigenvalue weighted by Crippen LogP contribution is -2.98. The molecule has 0 fully saturated rings. The molecule has 0 saturated carbocycles. The van der Waals surface area contributed by atoms with Crippen LogP contribution in [-0.4, -0.2) is 24.6 Å². The summed E-state index contributed by atoms with van der Waals surface area (Å²) < 4.78 is 5.57. The summed E-state index contributed by atoms with van der Waals surface area (Å²) >= 11 is 6.16. The second-order valence-corrected chi connectivity index (χ2v) is 5.01. The molecule has 0 bridgehead atoms. The van der Waals surface area contributed by atoms with E-state index in [1.807, 2.05) is 32.0 Å². The molecule has 1 aromatic rings. The predicted molar refractivity (Wildman–Crippen MR) is 80.3 cm³/mol. The van der Waals surface area contributed by atoms with Gasteiger partial charge in [0.2, 0.25) is 0 Å². The third kappa shape index (κ3) is 5.79. The first-order valence-corrected chi connectivity index (χ1v) is 6.72. The Kier molecular flexibility index (Phi) is 6.11. The Bertz CT molecular complexity index is 509. The third-order valence-corrected chi connectivity index (χ3v) is 2.66. The molecule has 0 saturated heterocycles. The Labute approximate surface area is 123 Å². The number of nitrogens with two attached hydrogens (primary N) is 3. The van der Waals surface area contributed by atoms with Gasteiger partial charge in [-0.1, -0.05) is 17.7 Å². The fourth-order valence-electron chi connectivity index (χ4n) is 1.59. The molecule has 0 aliphatic heterocycles. The monoisotopic (exact) mass is 299 g/mol. The summed E-state index contributed by atoms with van der Waals surface area (Å²) in [4.78, 5) is 5.54. The minimum atomic E-state index is 0.0493. The normalized spacial score (nSPS) is 11.5. The number of nitrogens with one attached hydrogen (secondary N) is 2. The molecule has 0 spiro atoms. The molecule has 20 heavy (non-hydrogen) atoms. The van der Waals surface area contributed by atoms with E-state index in [0.29, 0.717) is 23.3 Å². The molecule has 1 rings (SSSR count). The molecule has 0 radical (unpaired) electrons. The number of guanidine groups is 2. The lowest BCUT2D eigenvalue weighted by atomic mass is 10.1. The minimum absolute atomic E-state index is 0.0493. The third-order valence-electron chi connectivity index (χ3n) is 2.37. The first-order valence-electron chi connectivity index (χ1n) is 6.34. The fourth-order valence-corrected chi connectivity index (χ4v) is 1.84. The van der Waals surface area contributed by atoms with Gasteiger partial charge in [-0.3, -0.25) is 0 Å². The van der Waals surface area contributed by atoms with Crippen LogP contribution in [0.4, 0.5) is 0 Å². The van der Waals surface area contributed by atoms with E-state index in [2.05, 4.69) is 9.98 Å². The van der Waals surface area contributed by atoms with Crippen LogP contribution < -0.4 is 31.9 Å². The van der Waals surface area contributed by atoms with Crippen molar-refractivity contribution in [1.82, 2.24) is 0 Å². The van der Waals surface area contributed by atoms with E-state index in [-0.39, 0.29) is 12.1 Å². The van der Waals surface area contributed by atoms with Crippen molar-refractivity contribution in [1.29, 1.82) is 0 Å². The molecule has 1 aromatic carbocycles. The summed E-state index contributed by atoms with van der Waals surface area (Å²) in [6.07, 6.45) is 0.854. The average molecular weight is 300 g/mol. The zero-order valence-corrected chi connectivity index (χ0v) is 12.5. The highest BCUT2D eigenvalue weighted by Gasteiger charge is 2.06. The molecule has 0 unspecified atom stereocenters. The maximum Gasteiger partial charge on any atom is 0.517 e. The van der Waals surface area contributed by atoms with Gasteiger partial charge in [-0.05, 0) is 31.5 Å². The predicted octanol–water partition coefficient (Wildman–Crippen LogP) is -2.58. The van der Waals surface area contributed by atoms with Gasteiger partial charge in [-0.15, -0.1) is 4.99 Å². The smallest absolute Gasteiger partial charge is 0.489 e. The highest BCUT2D eigenvalue weighted by molar-refractivity contribution is 6.32. The summed E-state index contributed by atoms with van der Waals surface area (Å²) in [5.74, 6) is 1.06. The summed E-state index contributed by atoms with van der Waals surface area (Å²) in [5.41, 5.74) is 17.2. The molecule has 6 nitrogen and oxygen atoms in total. The van der Waals surface area contributed by atoms with Gasteiger partial charge in [0.1, 0.15) is 12.3 Å². The molecule has 0 amide bonds. The summed E-state index contributed by atoms with van der Waals surface area (Å²) in [7, 11) is 0. The molecule has 110 valence electrons. The van der Waals surface area contributed by atoms with Crippen LogP contribution in [0.1, 0.15) is 19.4 Å². The number of hydrogen-bond acceptors (Lipinski definition) is 1. The van der Waals surface area contributed by atoms with Gasteiger partial charge in [-0.25, -0.2) is 5.73 Å². The average Bonchev–Trinajstić information content (AvgIpc) is 2.31. The zero-order chi connectivity index (χ0) is 15.1. The summed E-state index contributed by atoms with van der Waals surface area (Å²) in [6, 6.07) is 5.72. The number of halogens is 1. The molecule has 8 N–H and O–H groups in total. The van der Waals surface area contributed by atoms with Gasteiger partial charge in [0.25, 0.3) is 5.96 Å². The summed E-state index contributed by atoms with van der Waals surface area (Å²) in [5, 5.41) is 0.603. The van der Waals surface area contributed by atoms with E-state index < -0.39 is 0 Å². The van der Waals surface area contributed by atoms with E-state index in [1.54, 1.807) is 0 Å². The second kappa shape index (κ2) is 7.59. The van der Waals surface area contributed by atoms with Crippen molar-refractivity contribution in [2.45, 2.75) is 26.4 Å². The van der Waals surface area contributed by atoms with E-state index >= 15 is 0 Å². The maximum atomic E-state index is 6.16. The van der Waals surface area contributed by atoms with Gasteiger partial charge in [0, 0.05) is 6.42 Å². The number of ether oxygens (including phenoxy) is 1. The lowest BCUT2D eigenvalue weighted by molar-refractivity contribution is -0.522. The number of rotatable bonds is 5. The highest BCUT2D eigenvalue weighted by atomic mass is 35.5. The molecule has 0 aromatic heterocycles. The van der Waals surface area contributed by atoms with Gasteiger partial charge in [-0.2, -0.15) is 4.99 Å². The van der Waals surface area contributed by atoms with Crippen molar-refractivity contribution < 1.29 is 14.7 Å². The SMILES string of the molecule is CC(C)Oc1ccc(CC[NH+]=C(N)[NH+]=C(N)N)cc1Cl. The number of hydrogen-bond donors (Lipinski definition) is 5. The largest absolute Gasteiger partial charge is 0.517 e. The first kappa shape index (κ1) is 16.1. The van der Waals surface area contributed by atoms with E-state index in [4.69, 9.17) is 33.5 Å². The van der Waals surface area contributed by atoms with E-state index in [1.165, 1.54) is 0 Å². The molecule has 0 heterocycles. The van der Waals surface area contributed by atoms with Gasteiger partial charge in [0.05, 0.1) is 11.1 Å². The molecular weight excluding hydrogens is 278 g/mol. The van der Waals surface area contributed by atoms with Crippen molar-refractivity contribution >= 4 is 23.5 Å². The Morgan fingerprint density at radius 1 is 1.30 bits per heavy atom. The molecule has 0 aliphatic carbocycles. The maximum absolute atomic E-state index is 6.16. The summed E-state index contributed by atoms with van der Waals surface area (Å²) in [6.45, 7) is 4.55. The molecule has 7 heteroatoms. The second-order valence-electron chi connectivity index (χ2n) is 4.60. The van der Waals surface area contributed by atoms with E-state index in [0.717, 1.165) is 12.0 Å². The molecule has 0 aliphatic rings. The van der Waals surface area contributed by atoms with Crippen molar-refractivity contribution in [2.75, 3.05) is 6.54 Å². The van der Waals surface area contributed by atoms with Crippen LogP contribution in [0.3, 0.4) is 0 Å². The van der Waals surface area contributed by atoms with Crippen LogP contribution in [0.2, 0.25) is 5.02 Å². The van der Waals surface area contributed by atoms with Crippen molar-refractivity contribution in [3.05, 3.63) is 28.8 Å². The Morgan fingerprint density at radius 2 is 2.00 bits per heavy atom. The van der Waals surface area contributed by atoms with Crippen molar-refractivity contribution in [2.24, 2.45) is 17.2 Å². The Morgan fingerprint density at radius 3 is 2.55 bits per heavy atom. The van der Waals surface area contributed by atoms with Crippen LogP contribution in [0.15, 0.2) is 18.2 Å². The van der Waals surface area contributed by atoms with Gasteiger partial charge in [0.15, 0.2) is 0 Å². The van der Waals surface area contributed by atoms with Crippen LogP contribution >= 0.6 is 11.6 Å². The van der Waals surface area contributed by atoms with Crippen molar-refractivity contribution in [3.63, 3.8) is 0 Å². The van der Waals surface area contributed by atoms with Crippen molar-refractivity contribution in [3.8, 4) is 5.75 Å². The van der Waals surface area contributed by atoms with Crippen LogP contribution in [0.5, 0.6) is 5.75 Å². The lowest BCUT2D eigenvalue weighted by Gasteiger charge is -2.11. The standard InChI is InChI=1S/C13H20ClN5O/c1-8(2)20-11-4-3-9(7-10(11)14)5-6-18-13(17)19-12(15)16/h3-4,7-8H,5-6H2,1-2H3,(H6,15,16,17,18,19)/p+2. The fraction of sp³-hybridized carbons (Fsp3) is 0.385. The van der Waals surface area contributed by atoms with Crippen LogP contribution in [0, 0.1) is 0 Å². The van der Waals surface area contributed by atoms with E-state index in [9.17, 15) is 0 Å². The molecule has 0 atom stereocenters. The first-order chi connectivity index (χ1) is 9.38. The minimum Gasteiger partial charge on any atom is -0.489 e. The zero-order valence-electron chi connectivity index (χ0n) is 11.7. The molecular formula is C13H22ClN5O+2. The topological polar surface area (TPSA) is 115 Å². The highest BCUT2D eigenvalue weighted by Crippen LogP contribution is 2.26. The Balaban J connectivity index is 2.62. The van der Waals surface area contributed by atoms with Gasteiger partial charge >= 0.3 is 5.96 Å². The van der Waals surface area contributed by atoms with Crippen LogP contribution in [-0.2, 0) is 6.42 Å². The quantitative estimate of drug-likeness (QED) is 0.303.